The van der Waals surface area contributed by atoms with Crippen molar-refractivity contribution >= 4 is 5.96 Å². The van der Waals surface area contributed by atoms with Crippen LogP contribution in [0.1, 0.15) is 30.2 Å². The van der Waals surface area contributed by atoms with Gasteiger partial charge in [0.15, 0.2) is 5.96 Å². The number of nitrogens with zero attached hydrogens (tertiary/aromatic N) is 2. The van der Waals surface area contributed by atoms with Crippen molar-refractivity contribution in [2.45, 2.75) is 32.0 Å². The predicted molar refractivity (Wildman–Crippen MR) is 104 cm³/mol. The van der Waals surface area contributed by atoms with Crippen molar-refractivity contribution in [3.8, 4) is 5.75 Å². The fourth-order valence-corrected chi connectivity index (χ4v) is 3.38. The van der Waals surface area contributed by atoms with Gasteiger partial charge in [-0.25, -0.2) is 0 Å². The van der Waals surface area contributed by atoms with E-state index in [1.807, 2.05) is 18.2 Å². The van der Waals surface area contributed by atoms with Crippen molar-refractivity contribution in [2.24, 2.45) is 4.99 Å². The molecule has 28 heavy (non-hydrogen) atoms. The zero-order valence-corrected chi connectivity index (χ0v) is 15.9. The van der Waals surface area contributed by atoms with Crippen molar-refractivity contribution in [3.63, 3.8) is 0 Å². The minimum Gasteiger partial charge on any atom is -0.468 e. The second-order valence-electron chi connectivity index (χ2n) is 6.61. The van der Waals surface area contributed by atoms with Crippen molar-refractivity contribution in [3.05, 3.63) is 54.0 Å². The highest BCUT2D eigenvalue weighted by atomic mass is 19.3. The number of benzene rings is 1. The lowest BCUT2D eigenvalue weighted by Gasteiger charge is -2.26. The molecule has 2 N–H and O–H groups in total. The van der Waals surface area contributed by atoms with E-state index in [-0.39, 0.29) is 11.8 Å². The Morgan fingerprint density at radius 1 is 1.21 bits per heavy atom. The lowest BCUT2D eigenvalue weighted by molar-refractivity contribution is -0.0498. The molecular weight excluding hydrogens is 366 g/mol. The minimum absolute atomic E-state index is 0.138. The molecule has 1 saturated heterocycles. The largest absolute Gasteiger partial charge is 0.468 e. The summed E-state index contributed by atoms with van der Waals surface area (Å²) in [5.41, 5.74) is 0.822. The Labute approximate surface area is 163 Å². The number of aliphatic imine (C=N–C) groups is 1. The highest BCUT2D eigenvalue weighted by Gasteiger charge is 2.25. The van der Waals surface area contributed by atoms with Crippen LogP contribution >= 0.6 is 0 Å². The van der Waals surface area contributed by atoms with E-state index in [0.29, 0.717) is 19.0 Å². The molecule has 0 aliphatic carbocycles. The molecule has 1 aromatic heterocycles. The number of guanidine groups is 1. The molecule has 0 radical (unpaired) electrons. The van der Waals surface area contributed by atoms with Gasteiger partial charge in [0, 0.05) is 20.1 Å². The molecule has 3 rings (SSSR count). The Morgan fingerprint density at radius 3 is 2.71 bits per heavy atom. The van der Waals surface area contributed by atoms with E-state index in [2.05, 4.69) is 25.3 Å². The summed E-state index contributed by atoms with van der Waals surface area (Å²) >= 11 is 0. The van der Waals surface area contributed by atoms with E-state index in [9.17, 15) is 8.78 Å². The first-order valence-corrected chi connectivity index (χ1v) is 9.41. The average Bonchev–Trinajstić information content (AvgIpc) is 3.39. The van der Waals surface area contributed by atoms with Crippen LogP contribution in [0.2, 0.25) is 0 Å². The van der Waals surface area contributed by atoms with Crippen LogP contribution in [0.15, 0.2) is 52.1 Å². The molecule has 0 bridgehead atoms. The Balaban J connectivity index is 1.55. The summed E-state index contributed by atoms with van der Waals surface area (Å²) in [6, 6.07) is 10.7. The summed E-state index contributed by atoms with van der Waals surface area (Å²) in [6.45, 7) is 0.366. The summed E-state index contributed by atoms with van der Waals surface area (Å²) < 4.78 is 34.8. The van der Waals surface area contributed by atoms with Crippen molar-refractivity contribution in [1.82, 2.24) is 15.5 Å². The number of hydrogen-bond acceptors (Lipinski definition) is 4. The highest BCUT2D eigenvalue weighted by Crippen LogP contribution is 2.24. The molecule has 152 valence electrons. The number of rotatable bonds is 8. The monoisotopic (exact) mass is 392 g/mol. The van der Waals surface area contributed by atoms with E-state index < -0.39 is 6.61 Å². The fourth-order valence-electron chi connectivity index (χ4n) is 3.38. The summed E-state index contributed by atoms with van der Waals surface area (Å²) in [5, 5.41) is 6.54. The summed E-state index contributed by atoms with van der Waals surface area (Å²) in [5.74, 6) is 1.71. The van der Waals surface area contributed by atoms with Crippen molar-refractivity contribution in [1.29, 1.82) is 0 Å². The zero-order valence-electron chi connectivity index (χ0n) is 15.9. The summed E-state index contributed by atoms with van der Waals surface area (Å²) in [4.78, 5) is 6.65. The van der Waals surface area contributed by atoms with Crippen LogP contribution in [0.4, 0.5) is 8.78 Å². The molecular formula is C20H26F2N4O2. The van der Waals surface area contributed by atoms with Gasteiger partial charge in [0.2, 0.25) is 0 Å². The fraction of sp³-hybridized carbons (Fsp3) is 0.450. The normalized spacial score (nSPS) is 16.4. The molecule has 6 nitrogen and oxygen atoms in total. The highest BCUT2D eigenvalue weighted by molar-refractivity contribution is 5.79. The Hall–Kier alpha value is -2.61. The molecule has 1 aliphatic heterocycles. The lowest BCUT2D eigenvalue weighted by atomic mass is 10.2. The zero-order chi connectivity index (χ0) is 19.8. The first kappa shape index (κ1) is 20.1. The maximum atomic E-state index is 12.4. The van der Waals surface area contributed by atoms with Crippen LogP contribution in [0.3, 0.4) is 0 Å². The molecule has 2 aromatic rings. The predicted octanol–water partition coefficient (Wildman–Crippen LogP) is 3.38. The number of hydrogen-bond donors (Lipinski definition) is 2. The average molecular weight is 392 g/mol. The molecule has 1 aliphatic rings. The van der Waals surface area contributed by atoms with Gasteiger partial charge in [-0.2, -0.15) is 8.78 Å². The molecule has 8 heteroatoms. The quantitative estimate of drug-likeness (QED) is 0.533. The smallest absolute Gasteiger partial charge is 0.387 e. The molecule has 0 saturated carbocycles. The maximum absolute atomic E-state index is 12.4. The number of furan rings is 1. The van der Waals surface area contributed by atoms with Gasteiger partial charge in [-0.1, -0.05) is 12.1 Å². The number of likely N-dealkylation sites (tertiary alicyclic amines) is 1. The van der Waals surface area contributed by atoms with Crippen LogP contribution in [0, 0.1) is 0 Å². The van der Waals surface area contributed by atoms with Crippen LogP contribution in [0.5, 0.6) is 5.75 Å². The van der Waals surface area contributed by atoms with E-state index in [0.717, 1.165) is 24.4 Å². The second kappa shape index (κ2) is 10.1. The SMILES string of the molecule is CN=C(NCc1cccc(OC(F)F)c1)NCC(c1ccco1)N1CCCC1. The summed E-state index contributed by atoms with van der Waals surface area (Å²) in [7, 11) is 1.70. The third-order valence-corrected chi connectivity index (χ3v) is 4.72. The van der Waals surface area contributed by atoms with E-state index >= 15 is 0 Å². The van der Waals surface area contributed by atoms with Crippen molar-refractivity contribution in [2.75, 3.05) is 26.7 Å². The second-order valence-corrected chi connectivity index (χ2v) is 6.61. The van der Waals surface area contributed by atoms with Gasteiger partial charge in [0.05, 0.1) is 12.3 Å². The Morgan fingerprint density at radius 2 is 2.04 bits per heavy atom. The Bertz CT molecular complexity index is 746. The van der Waals surface area contributed by atoms with E-state index in [1.54, 1.807) is 25.4 Å². The third-order valence-electron chi connectivity index (χ3n) is 4.72. The lowest BCUT2D eigenvalue weighted by Crippen LogP contribution is -2.42. The molecule has 1 atom stereocenters. The van der Waals surface area contributed by atoms with Gasteiger partial charge in [0.25, 0.3) is 0 Å². The maximum Gasteiger partial charge on any atom is 0.387 e. The van der Waals surface area contributed by atoms with Crippen LogP contribution in [-0.4, -0.2) is 44.2 Å². The molecule has 1 unspecified atom stereocenters. The Kier molecular flexibility index (Phi) is 7.25. The number of alkyl halides is 2. The molecule has 1 aromatic carbocycles. The molecule has 1 fully saturated rings. The van der Waals surface area contributed by atoms with Crippen LogP contribution in [-0.2, 0) is 6.54 Å². The van der Waals surface area contributed by atoms with Crippen LogP contribution < -0.4 is 15.4 Å². The first-order chi connectivity index (χ1) is 13.7. The molecule has 0 amide bonds. The van der Waals surface area contributed by atoms with E-state index in [1.165, 1.54) is 18.9 Å². The van der Waals surface area contributed by atoms with Gasteiger partial charge >= 0.3 is 6.61 Å². The number of ether oxygens (including phenoxy) is 1. The molecule has 0 spiro atoms. The topological polar surface area (TPSA) is 62.0 Å². The number of halogens is 2. The van der Waals surface area contributed by atoms with Gasteiger partial charge < -0.3 is 19.8 Å². The van der Waals surface area contributed by atoms with Crippen LogP contribution in [0.25, 0.3) is 0 Å². The third kappa shape index (κ3) is 5.69. The van der Waals surface area contributed by atoms with Gasteiger partial charge in [-0.3, -0.25) is 9.89 Å². The minimum atomic E-state index is -2.83. The summed E-state index contributed by atoms with van der Waals surface area (Å²) in [6.07, 6.45) is 4.09. The van der Waals surface area contributed by atoms with E-state index in [4.69, 9.17) is 4.42 Å². The van der Waals surface area contributed by atoms with Crippen molar-refractivity contribution < 1.29 is 17.9 Å². The standard InChI is InChI=1S/C20H26F2N4O2/c1-23-20(24-13-15-6-4-7-16(12-15)28-19(21)22)25-14-17(18-8-5-11-27-18)26-9-2-3-10-26/h4-8,11-12,17,19H,2-3,9-10,13-14H2,1H3,(H2,23,24,25). The van der Waals surface area contributed by atoms with Gasteiger partial charge in [-0.15, -0.1) is 0 Å². The van der Waals surface area contributed by atoms with Gasteiger partial charge in [0.1, 0.15) is 11.5 Å². The number of nitrogens with one attached hydrogen (secondary N) is 2. The molecule has 2 heterocycles. The van der Waals surface area contributed by atoms with Gasteiger partial charge in [-0.05, 0) is 55.8 Å². The first-order valence-electron chi connectivity index (χ1n) is 9.41.